The van der Waals surface area contributed by atoms with E-state index in [9.17, 15) is 18.4 Å². The van der Waals surface area contributed by atoms with E-state index in [1.54, 1.807) is 30.3 Å². The van der Waals surface area contributed by atoms with Gasteiger partial charge in [0.25, 0.3) is 5.92 Å². The molecule has 2 aromatic rings. The number of hydrogen-bond acceptors (Lipinski definition) is 4. The number of likely N-dealkylation sites (N-methyl/N-ethyl adjacent to an activating group) is 1. The molecule has 7 heteroatoms. The van der Waals surface area contributed by atoms with Crippen LogP contribution in [0.4, 0.5) is 20.2 Å². The number of nitrogens with one attached hydrogen (secondary N) is 2. The molecule has 166 valence electrons. The summed E-state index contributed by atoms with van der Waals surface area (Å²) in [6, 6.07) is 13.6. The van der Waals surface area contributed by atoms with Gasteiger partial charge in [0.05, 0.1) is 12.0 Å². The number of ketones is 1. The first kappa shape index (κ1) is 22.9. The normalized spacial score (nSPS) is 14.9. The van der Waals surface area contributed by atoms with Gasteiger partial charge in [-0.25, -0.2) is 8.78 Å². The molecule has 1 saturated carbocycles. The Labute approximate surface area is 181 Å². The Bertz CT molecular complexity index is 933. The predicted octanol–water partition coefficient (Wildman–Crippen LogP) is 4.46. The van der Waals surface area contributed by atoms with E-state index in [2.05, 4.69) is 10.6 Å². The molecule has 0 aromatic heterocycles. The molecule has 0 atom stereocenters. The molecule has 0 aliphatic heterocycles. The lowest BCUT2D eigenvalue weighted by molar-refractivity contribution is -0.131. The van der Waals surface area contributed by atoms with Crippen LogP contribution in [0.25, 0.3) is 0 Å². The predicted molar refractivity (Wildman–Crippen MR) is 117 cm³/mol. The molecule has 0 radical (unpaired) electrons. The van der Waals surface area contributed by atoms with Crippen molar-refractivity contribution in [1.29, 1.82) is 0 Å². The molecule has 5 nitrogen and oxygen atoms in total. The lowest BCUT2D eigenvalue weighted by Crippen LogP contribution is -2.34. The third kappa shape index (κ3) is 6.10. The van der Waals surface area contributed by atoms with Crippen LogP contribution in [0.2, 0.25) is 0 Å². The SMILES string of the molecule is CN(C)CC(=O)CC1(C(=O)NCc2ccc(Nc3ccccc3C(C)(F)F)cc2)CC1. The Morgan fingerprint density at radius 3 is 2.29 bits per heavy atom. The summed E-state index contributed by atoms with van der Waals surface area (Å²) in [5.74, 6) is -2.95. The summed E-state index contributed by atoms with van der Waals surface area (Å²) >= 11 is 0. The number of alkyl halides is 2. The zero-order valence-electron chi connectivity index (χ0n) is 18.2. The number of para-hydroxylation sites is 1. The maximum atomic E-state index is 13.8. The van der Waals surface area contributed by atoms with Crippen molar-refractivity contribution in [3.05, 3.63) is 59.7 Å². The Morgan fingerprint density at radius 2 is 1.71 bits per heavy atom. The van der Waals surface area contributed by atoms with Gasteiger partial charge in [-0.3, -0.25) is 9.59 Å². The first-order valence-corrected chi connectivity index (χ1v) is 10.4. The summed E-state index contributed by atoms with van der Waals surface area (Å²) in [7, 11) is 3.67. The quantitative estimate of drug-likeness (QED) is 0.586. The van der Waals surface area contributed by atoms with E-state index >= 15 is 0 Å². The number of Topliss-reactive ketones (excluding diaryl/α,β-unsaturated/α-hetero) is 1. The third-order valence-corrected chi connectivity index (χ3v) is 5.45. The van der Waals surface area contributed by atoms with Crippen LogP contribution < -0.4 is 10.6 Å². The monoisotopic (exact) mass is 429 g/mol. The first-order chi connectivity index (χ1) is 14.6. The zero-order chi connectivity index (χ0) is 22.6. The fraction of sp³-hybridized carbons (Fsp3) is 0.417. The average molecular weight is 430 g/mol. The fourth-order valence-electron chi connectivity index (χ4n) is 3.63. The molecule has 31 heavy (non-hydrogen) atoms. The Morgan fingerprint density at radius 1 is 1.06 bits per heavy atom. The maximum absolute atomic E-state index is 13.8. The fourth-order valence-corrected chi connectivity index (χ4v) is 3.63. The molecule has 1 amide bonds. The highest BCUT2D eigenvalue weighted by atomic mass is 19.3. The lowest BCUT2D eigenvalue weighted by atomic mass is 9.98. The van der Waals surface area contributed by atoms with E-state index in [0.29, 0.717) is 24.5 Å². The topological polar surface area (TPSA) is 61.4 Å². The second-order valence-corrected chi connectivity index (χ2v) is 8.67. The number of nitrogens with zero attached hydrogens (tertiary/aromatic N) is 1. The number of amides is 1. The standard InChI is InChI=1S/C24H29F2N3O2/c1-23(25,26)20-6-4-5-7-21(20)28-18-10-8-17(9-11-18)15-27-22(31)24(12-13-24)14-19(30)16-29(2)3/h4-11,28H,12-16H2,1-3H3,(H,27,31). The van der Waals surface area contributed by atoms with Crippen LogP contribution in [0, 0.1) is 5.41 Å². The van der Waals surface area contributed by atoms with Gasteiger partial charge in [0, 0.05) is 36.8 Å². The third-order valence-electron chi connectivity index (χ3n) is 5.45. The van der Waals surface area contributed by atoms with Crippen molar-refractivity contribution in [2.24, 2.45) is 5.41 Å². The molecule has 1 aliphatic rings. The van der Waals surface area contributed by atoms with E-state index in [1.165, 1.54) is 6.07 Å². The molecule has 2 N–H and O–H groups in total. The van der Waals surface area contributed by atoms with Gasteiger partial charge in [-0.05, 0) is 50.7 Å². The average Bonchev–Trinajstić information content (AvgIpc) is 3.46. The molecule has 0 spiro atoms. The number of benzene rings is 2. The van der Waals surface area contributed by atoms with Crippen molar-refractivity contribution in [3.63, 3.8) is 0 Å². The summed E-state index contributed by atoms with van der Waals surface area (Å²) in [6.45, 7) is 1.57. The Kier molecular flexibility index (Phi) is 6.74. The van der Waals surface area contributed by atoms with Gasteiger partial charge < -0.3 is 15.5 Å². The highest BCUT2D eigenvalue weighted by Crippen LogP contribution is 2.49. The Hall–Kier alpha value is -2.80. The second-order valence-electron chi connectivity index (χ2n) is 8.67. The van der Waals surface area contributed by atoms with Crippen molar-refractivity contribution in [1.82, 2.24) is 10.2 Å². The summed E-state index contributed by atoms with van der Waals surface area (Å²) in [5.41, 5.74) is 1.31. The summed E-state index contributed by atoms with van der Waals surface area (Å²) in [5, 5.41) is 5.97. The zero-order valence-corrected chi connectivity index (χ0v) is 18.2. The molecule has 0 unspecified atom stereocenters. The van der Waals surface area contributed by atoms with Crippen LogP contribution in [0.1, 0.15) is 37.3 Å². The van der Waals surface area contributed by atoms with Gasteiger partial charge in [0.2, 0.25) is 5.91 Å². The van der Waals surface area contributed by atoms with Crippen molar-refractivity contribution in [2.45, 2.75) is 38.7 Å². The Balaban J connectivity index is 1.56. The van der Waals surface area contributed by atoms with Crippen molar-refractivity contribution >= 4 is 23.1 Å². The molecule has 0 heterocycles. The van der Waals surface area contributed by atoms with Crippen LogP contribution in [-0.2, 0) is 22.1 Å². The van der Waals surface area contributed by atoms with E-state index in [1.807, 2.05) is 31.1 Å². The van der Waals surface area contributed by atoms with E-state index in [-0.39, 0.29) is 23.7 Å². The number of carbonyl (C=O) groups is 2. The van der Waals surface area contributed by atoms with Gasteiger partial charge in [-0.2, -0.15) is 0 Å². The van der Waals surface area contributed by atoms with Crippen molar-refractivity contribution < 1.29 is 18.4 Å². The van der Waals surface area contributed by atoms with Gasteiger partial charge in [-0.1, -0.05) is 30.3 Å². The highest BCUT2D eigenvalue weighted by Gasteiger charge is 2.50. The minimum atomic E-state index is -2.94. The van der Waals surface area contributed by atoms with Gasteiger partial charge in [-0.15, -0.1) is 0 Å². The molecular formula is C24H29F2N3O2. The molecule has 0 bridgehead atoms. The van der Waals surface area contributed by atoms with E-state index in [0.717, 1.165) is 25.3 Å². The second kappa shape index (κ2) is 9.14. The number of anilines is 2. The minimum Gasteiger partial charge on any atom is -0.355 e. The van der Waals surface area contributed by atoms with Crippen molar-refractivity contribution in [3.8, 4) is 0 Å². The maximum Gasteiger partial charge on any atom is 0.272 e. The van der Waals surface area contributed by atoms with Gasteiger partial charge in [0.1, 0.15) is 5.78 Å². The molecule has 1 aliphatic carbocycles. The van der Waals surface area contributed by atoms with E-state index < -0.39 is 11.3 Å². The lowest BCUT2D eigenvalue weighted by Gasteiger charge is -2.17. The smallest absolute Gasteiger partial charge is 0.272 e. The van der Waals surface area contributed by atoms with Gasteiger partial charge in [0.15, 0.2) is 0 Å². The van der Waals surface area contributed by atoms with E-state index in [4.69, 9.17) is 0 Å². The highest BCUT2D eigenvalue weighted by molar-refractivity contribution is 5.92. The number of hydrogen-bond donors (Lipinski definition) is 2. The van der Waals surface area contributed by atoms with Crippen LogP contribution >= 0.6 is 0 Å². The first-order valence-electron chi connectivity index (χ1n) is 10.4. The number of carbonyl (C=O) groups excluding carboxylic acids is 2. The number of rotatable bonds is 10. The summed E-state index contributed by atoms with van der Waals surface area (Å²) in [6.07, 6.45) is 1.76. The number of halogens is 2. The summed E-state index contributed by atoms with van der Waals surface area (Å²) in [4.78, 5) is 26.5. The van der Waals surface area contributed by atoms with Crippen LogP contribution in [0.3, 0.4) is 0 Å². The molecule has 0 saturated heterocycles. The molecule has 1 fully saturated rings. The van der Waals surface area contributed by atoms with Crippen LogP contribution in [0.15, 0.2) is 48.5 Å². The van der Waals surface area contributed by atoms with Gasteiger partial charge >= 0.3 is 0 Å². The molecule has 2 aromatic carbocycles. The summed E-state index contributed by atoms with van der Waals surface area (Å²) < 4.78 is 27.6. The van der Waals surface area contributed by atoms with Crippen LogP contribution in [-0.4, -0.2) is 37.2 Å². The van der Waals surface area contributed by atoms with Crippen LogP contribution in [0.5, 0.6) is 0 Å². The molecule has 3 rings (SSSR count). The molecular weight excluding hydrogens is 400 g/mol. The minimum absolute atomic E-state index is 0.0649. The largest absolute Gasteiger partial charge is 0.355 e. The van der Waals surface area contributed by atoms with Crippen molar-refractivity contribution in [2.75, 3.05) is 26.0 Å².